The average molecular weight is 760 g/mol. The van der Waals surface area contributed by atoms with Crippen LogP contribution in [0.2, 0.25) is 10.0 Å². The van der Waals surface area contributed by atoms with E-state index >= 15 is 0 Å². The van der Waals surface area contributed by atoms with Crippen LogP contribution in [0.3, 0.4) is 0 Å². The molecule has 4 aromatic carbocycles. The number of rotatable bonds is 13. The van der Waals surface area contributed by atoms with Gasteiger partial charge in [0.25, 0.3) is 0 Å². The second-order valence-corrected chi connectivity index (χ2v) is 14.0. The summed E-state index contributed by atoms with van der Waals surface area (Å²) in [4.78, 5) is 26.1. The fraction of sp³-hybridized carbons (Fsp3) is 0.205. The molecule has 0 radical (unpaired) electrons. The quantitative estimate of drug-likeness (QED) is 0.109. The number of amides is 1. The Hall–Kier alpha value is -5.41. The van der Waals surface area contributed by atoms with E-state index in [1.807, 2.05) is 72.5 Å². The van der Waals surface area contributed by atoms with Crippen molar-refractivity contribution >= 4 is 46.1 Å². The van der Waals surface area contributed by atoms with Crippen LogP contribution >= 0.6 is 23.2 Å². The first-order chi connectivity index (χ1) is 26.4. The molecule has 1 fully saturated rings. The van der Waals surface area contributed by atoms with Crippen molar-refractivity contribution in [1.29, 1.82) is 0 Å². The number of piperazine rings is 1. The zero-order chi connectivity index (χ0) is 37.3. The van der Waals surface area contributed by atoms with E-state index < -0.39 is 0 Å². The van der Waals surface area contributed by atoms with Crippen molar-refractivity contribution in [3.8, 4) is 23.1 Å². The molecule has 1 aliphatic heterocycles. The number of hydrogen-bond acceptors (Lipinski definition) is 7. The van der Waals surface area contributed by atoms with E-state index in [-0.39, 0.29) is 5.91 Å². The van der Waals surface area contributed by atoms with Crippen LogP contribution in [0.5, 0.6) is 23.1 Å². The zero-order valence-electron chi connectivity index (χ0n) is 30.0. The Labute approximate surface area is 325 Å². The third-order valence-electron chi connectivity index (χ3n) is 9.29. The second kappa shape index (κ2) is 17.6. The van der Waals surface area contributed by atoms with Crippen molar-refractivity contribution in [2.75, 3.05) is 32.8 Å². The number of pyridine rings is 2. The first-order valence-electron chi connectivity index (χ1n) is 17.9. The van der Waals surface area contributed by atoms with Crippen LogP contribution in [0, 0.1) is 6.92 Å². The van der Waals surface area contributed by atoms with Crippen LogP contribution in [0.4, 0.5) is 0 Å². The van der Waals surface area contributed by atoms with E-state index in [1.54, 1.807) is 42.7 Å². The molecular formula is C44H40Cl2N4O4. The molecule has 3 heterocycles. The Balaban J connectivity index is 0.839. The smallest absolute Gasteiger partial charge is 0.246 e. The molecule has 0 atom stereocenters. The normalized spacial score (nSPS) is 13.4. The Morgan fingerprint density at radius 3 is 2.37 bits per heavy atom. The summed E-state index contributed by atoms with van der Waals surface area (Å²) in [7, 11) is 0. The molecule has 1 aliphatic rings. The Bertz CT molecular complexity index is 2210. The van der Waals surface area contributed by atoms with Gasteiger partial charge in [-0.05, 0) is 83.8 Å². The summed E-state index contributed by atoms with van der Waals surface area (Å²) in [6.07, 6.45) is 7.64. The molecule has 7 rings (SSSR count). The van der Waals surface area contributed by atoms with Gasteiger partial charge >= 0.3 is 0 Å². The molecule has 2 aromatic heterocycles. The van der Waals surface area contributed by atoms with Crippen molar-refractivity contribution < 1.29 is 19.0 Å². The number of carbonyl (C=O) groups excluding carboxylic acids is 1. The number of fused-ring (bicyclic) bond motifs is 1. The highest BCUT2D eigenvalue weighted by atomic mass is 35.5. The zero-order valence-corrected chi connectivity index (χ0v) is 31.5. The second-order valence-electron chi connectivity index (χ2n) is 13.2. The van der Waals surface area contributed by atoms with E-state index in [0.717, 1.165) is 59.4 Å². The van der Waals surface area contributed by atoms with Crippen molar-refractivity contribution in [3.63, 3.8) is 0 Å². The largest absolute Gasteiger partial charge is 0.493 e. The highest BCUT2D eigenvalue weighted by molar-refractivity contribution is 6.32. The molecule has 0 saturated carbocycles. The molecule has 0 spiro atoms. The highest BCUT2D eigenvalue weighted by Crippen LogP contribution is 2.34. The summed E-state index contributed by atoms with van der Waals surface area (Å²) in [5.74, 6) is 2.33. The predicted molar refractivity (Wildman–Crippen MR) is 215 cm³/mol. The highest BCUT2D eigenvalue weighted by Gasteiger charge is 2.20. The minimum atomic E-state index is -0.0169. The summed E-state index contributed by atoms with van der Waals surface area (Å²) in [5.41, 5.74) is 5.99. The van der Waals surface area contributed by atoms with Crippen LogP contribution in [-0.2, 0) is 24.4 Å². The van der Waals surface area contributed by atoms with Gasteiger partial charge < -0.3 is 19.1 Å². The van der Waals surface area contributed by atoms with Gasteiger partial charge in [-0.25, -0.2) is 4.98 Å². The van der Waals surface area contributed by atoms with E-state index in [4.69, 9.17) is 37.4 Å². The molecule has 0 N–H and O–H groups in total. The number of hydrogen-bond donors (Lipinski definition) is 0. The maximum absolute atomic E-state index is 13.1. The number of halogens is 2. The molecule has 8 nitrogen and oxygen atoms in total. The lowest BCUT2D eigenvalue weighted by molar-refractivity contribution is -0.127. The molecule has 274 valence electrons. The lowest BCUT2D eigenvalue weighted by atomic mass is 10.1. The minimum absolute atomic E-state index is 0.0169. The Kier molecular flexibility index (Phi) is 12.0. The summed E-state index contributed by atoms with van der Waals surface area (Å²) < 4.78 is 17.8. The lowest BCUT2D eigenvalue weighted by Gasteiger charge is -2.34. The molecular weight excluding hydrogens is 719 g/mol. The van der Waals surface area contributed by atoms with Gasteiger partial charge in [0.15, 0.2) is 5.75 Å². The van der Waals surface area contributed by atoms with E-state index in [2.05, 4.69) is 39.1 Å². The van der Waals surface area contributed by atoms with Gasteiger partial charge in [0, 0.05) is 73.5 Å². The standard InChI is InChI=1S/C44H40Cl2N4O4/c1-31-25-34(26-40(46)44(31)54-42-16-14-38(28-48-42)53-30-36-5-2-3-7-39(36)45)12-17-43(51)50-22-20-49(21-23-50)29-33-10-8-32(9-11-33)18-24-52-37-13-15-41-35(27-37)6-4-19-47-41/h2-17,19,25-28H,18,20-24,29-30H2,1H3. The SMILES string of the molecule is Cc1cc(C=CC(=O)N2CCN(Cc3ccc(CCOc4ccc5ncccc5c4)cc3)CC2)cc(Cl)c1Oc1ccc(OCc2ccccc2Cl)cn1. The van der Waals surface area contributed by atoms with Gasteiger partial charge in [-0.2, -0.15) is 0 Å². The van der Waals surface area contributed by atoms with Crippen molar-refractivity contribution in [3.05, 3.63) is 159 Å². The van der Waals surface area contributed by atoms with Gasteiger partial charge in [0.1, 0.15) is 18.1 Å². The summed E-state index contributed by atoms with van der Waals surface area (Å²) in [6.45, 7) is 6.68. The Morgan fingerprint density at radius 1 is 0.796 bits per heavy atom. The maximum atomic E-state index is 13.1. The van der Waals surface area contributed by atoms with Gasteiger partial charge in [-0.15, -0.1) is 0 Å². The third kappa shape index (κ3) is 9.76. The molecule has 0 bridgehead atoms. The van der Waals surface area contributed by atoms with Crippen molar-refractivity contribution in [2.45, 2.75) is 26.5 Å². The molecule has 0 aliphatic carbocycles. The summed E-state index contributed by atoms with van der Waals surface area (Å²) in [6, 6.07) is 33.5. The number of carbonyl (C=O) groups is 1. The number of aromatic nitrogens is 2. The van der Waals surface area contributed by atoms with E-state index in [9.17, 15) is 4.79 Å². The summed E-state index contributed by atoms with van der Waals surface area (Å²) in [5, 5.41) is 2.16. The molecule has 1 amide bonds. The number of aryl methyl sites for hydroxylation is 1. The van der Waals surface area contributed by atoms with Gasteiger partial charge in [0.2, 0.25) is 11.8 Å². The molecule has 0 unspecified atom stereocenters. The van der Waals surface area contributed by atoms with Crippen LogP contribution in [0.15, 0.2) is 122 Å². The van der Waals surface area contributed by atoms with E-state index in [0.29, 0.717) is 53.7 Å². The van der Waals surface area contributed by atoms with Crippen LogP contribution in [0.25, 0.3) is 17.0 Å². The van der Waals surface area contributed by atoms with Gasteiger partial charge in [-0.3, -0.25) is 14.7 Å². The Morgan fingerprint density at radius 2 is 1.59 bits per heavy atom. The van der Waals surface area contributed by atoms with E-state index in [1.165, 1.54) is 11.1 Å². The van der Waals surface area contributed by atoms with Crippen LogP contribution in [-0.4, -0.2) is 58.5 Å². The summed E-state index contributed by atoms with van der Waals surface area (Å²) >= 11 is 12.9. The lowest BCUT2D eigenvalue weighted by Crippen LogP contribution is -2.47. The topological polar surface area (TPSA) is 77.0 Å². The predicted octanol–water partition coefficient (Wildman–Crippen LogP) is 9.60. The minimum Gasteiger partial charge on any atom is -0.493 e. The fourth-order valence-electron chi connectivity index (χ4n) is 6.28. The molecule has 54 heavy (non-hydrogen) atoms. The average Bonchev–Trinajstić information content (AvgIpc) is 3.19. The fourth-order valence-corrected chi connectivity index (χ4v) is 6.78. The first-order valence-corrected chi connectivity index (χ1v) is 18.7. The number of nitrogens with zero attached hydrogens (tertiary/aromatic N) is 4. The molecule has 10 heteroatoms. The first kappa shape index (κ1) is 36.9. The monoisotopic (exact) mass is 758 g/mol. The van der Waals surface area contributed by atoms with Gasteiger partial charge in [-0.1, -0.05) is 71.7 Å². The van der Waals surface area contributed by atoms with Crippen LogP contribution < -0.4 is 14.2 Å². The third-order valence-corrected chi connectivity index (χ3v) is 9.93. The number of benzene rings is 4. The van der Waals surface area contributed by atoms with Crippen LogP contribution in [0.1, 0.15) is 27.8 Å². The maximum Gasteiger partial charge on any atom is 0.246 e. The van der Waals surface area contributed by atoms with Gasteiger partial charge in [0.05, 0.1) is 23.3 Å². The molecule has 6 aromatic rings. The van der Waals surface area contributed by atoms with Crippen molar-refractivity contribution in [2.24, 2.45) is 0 Å². The number of ether oxygens (including phenoxy) is 3. The van der Waals surface area contributed by atoms with Crippen molar-refractivity contribution in [1.82, 2.24) is 19.8 Å². The molecule has 1 saturated heterocycles.